The SMILES string of the molecule is CNS(=O)(=O)C(C)(c1ccc(=O)[nH]c1)c1ncccn1. The van der Waals surface area contributed by atoms with Crippen LogP contribution in [0.25, 0.3) is 0 Å². The first-order valence-electron chi connectivity index (χ1n) is 5.81. The molecule has 0 aromatic carbocycles. The zero-order valence-electron chi connectivity index (χ0n) is 11.0. The van der Waals surface area contributed by atoms with Gasteiger partial charge in [0, 0.05) is 24.7 Å². The number of hydrogen-bond acceptors (Lipinski definition) is 5. The fourth-order valence-corrected chi connectivity index (χ4v) is 3.05. The molecule has 0 saturated carbocycles. The van der Waals surface area contributed by atoms with E-state index in [1.807, 2.05) is 0 Å². The quantitative estimate of drug-likeness (QED) is 0.824. The lowest BCUT2D eigenvalue weighted by atomic mass is 10.0. The van der Waals surface area contributed by atoms with E-state index in [9.17, 15) is 13.2 Å². The van der Waals surface area contributed by atoms with Crippen LogP contribution < -0.4 is 10.3 Å². The molecule has 106 valence electrons. The highest BCUT2D eigenvalue weighted by Crippen LogP contribution is 2.33. The summed E-state index contributed by atoms with van der Waals surface area (Å²) in [6.07, 6.45) is 4.29. The monoisotopic (exact) mass is 294 g/mol. The molecule has 2 aromatic rings. The molecule has 0 aliphatic carbocycles. The topological polar surface area (TPSA) is 105 Å². The van der Waals surface area contributed by atoms with E-state index in [4.69, 9.17) is 0 Å². The minimum absolute atomic E-state index is 0.126. The van der Waals surface area contributed by atoms with E-state index < -0.39 is 14.8 Å². The third-order valence-electron chi connectivity index (χ3n) is 3.13. The number of sulfonamides is 1. The molecule has 20 heavy (non-hydrogen) atoms. The Kier molecular flexibility index (Phi) is 3.69. The van der Waals surface area contributed by atoms with Crippen LogP contribution in [0.1, 0.15) is 18.3 Å². The van der Waals surface area contributed by atoms with Gasteiger partial charge in [0.2, 0.25) is 15.6 Å². The van der Waals surface area contributed by atoms with E-state index in [1.165, 1.54) is 44.7 Å². The van der Waals surface area contributed by atoms with Gasteiger partial charge in [-0.25, -0.2) is 23.1 Å². The summed E-state index contributed by atoms with van der Waals surface area (Å²) in [5.74, 6) is 0.126. The summed E-state index contributed by atoms with van der Waals surface area (Å²) in [6, 6.07) is 4.31. The van der Waals surface area contributed by atoms with E-state index in [1.54, 1.807) is 6.07 Å². The Hall–Kier alpha value is -2.06. The van der Waals surface area contributed by atoms with Crippen molar-refractivity contribution < 1.29 is 8.42 Å². The molecule has 2 rings (SSSR count). The molecular weight excluding hydrogens is 280 g/mol. The Morgan fingerprint density at radius 2 is 1.90 bits per heavy atom. The van der Waals surface area contributed by atoms with Crippen molar-refractivity contribution in [3.8, 4) is 0 Å². The molecule has 1 unspecified atom stereocenters. The Balaban J connectivity index is 2.74. The van der Waals surface area contributed by atoms with Gasteiger partial charge >= 0.3 is 0 Å². The molecular formula is C12H14N4O3S. The zero-order chi connectivity index (χ0) is 14.8. The second kappa shape index (κ2) is 5.14. The van der Waals surface area contributed by atoms with Gasteiger partial charge < -0.3 is 4.98 Å². The molecule has 2 N–H and O–H groups in total. The molecule has 0 aliphatic rings. The van der Waals surface area contributed by atoms with E-state index in [0.29, 0.717) is 5.56 Å². The lowest BCUT2D eigenvalue weighted by Crippen LogP contribution is -2.42. The molecule has 0 spiro atoms. The summed E-state index contributed by atoms with van der Waals surface area (Å²) in [5.41, 5.74) is 0.0598. The van der Waals surface area contributed by atoms with Crippen LogP contribution in [0.3, 0.4) is 0 Å². The van der Waals surface area contributed by atoms with E-state index >= 15 is 0 Å². The van der Waals surface area contributed by atoms with Crippen LogP contribution in [0.4, 0.5) is 0 Å². The van der Waals surface area contributed by atoms with Gasteiger partial charge in [-0.1, -0.05) is 6.07 Å². The van der Waals surface area contributed by atoms with Crippen LogP contribution in [0, 0.1) is 0 Å². The first kappa shape index (κ1) is 14.4. The lowest BCUT2D eigenvalue weighted by Gasteiger charge is -2.27. The molecule has 7 nitrogen and oxygen atoms in total. The molecule has 0 saturated heterocycles. The third-order valence-corrected chi connectivity index (χ3v) is 5.16. The molecule has 1 atom stereocenters. The second-order valence-corrected chi connectivity index (χ2v) is 6.49. The maximum atomic E-state index is 12.4. The van der Waals surface area contributed by atoms with Crippen molar-refractivity contribution >= 4 is 10.0 Å². The summed E-state index contributed by atoms with van der Waals surface area (Å²) in [5, 5.41) is 0. The minimum atomic E-state index is -3.78. The van der Waals surface area contributed by atoms with Crippen LogP contribution >= 0.6 is 0 Å². The molecule has 0 aliphatic heterocycles. The Labute approximate surface area is 116 Å². The maximum absolute atomic E-state index is 12.4. The number of aromatic amines is 1. The Morgan fingerprint density at radius 3 is 2.40 bits per heavy atom. The van der Waals surface area contributed by atoms with Crippen molar-refractivity contribution in [1.82, 2.24) is 19.7 Å². The molecule has 0 bridgehead atoms. The van der Waals surface area contributed by atoms with Crippen LogP contribution in [-0.4, -0.2) is 30.4 Å². The standard InChI is InChI=1S/C12H14N4O3S/c1-12(20(18,19)13-2,11-14-6-3-7-15-11)9-4-5-10(17)16-8-9/h3-8,13H,1-2H3,(H,16,17). The zero-order valence-corrected chi connectivity index (χ0v) is 11.8. The summed E-state index contributed by atoms with van der Waals surface area (Å²) in [4.78, 5) is 21.7. The molecule has 8 heteroatoms. The molecule has 0 fully saturated rings. The molecule has 2 heterocycles. The highest BCUT2D eigenvalue weighted by Gasteiger charge is 2.44. The average molecular weight is 294 g/mol. The van der Waals surface area contributed by atoms with Crippen LogP contribution in [0.2, 0.25) is 0 Å². The Morgan fingerprint density at radius 1 is 1.25 bits per heavy atom. The van der Waals surface area contributed by atoms with Gasteiger partial charge in [-0.15, -0.1) is 0 Å². The molecule has 0 amide bonds. The second-order valence-electron chi connectivity index (χ2n) is 4.25. The summed E-state index contributed by atoms with van der Waals surface area (Å²) in [6.45, 7) is 1.49. The van der Waals surface area contributed by atoms with Gasteiger partial charge in [0.05, 0.1) is 0 Å². The van der Waals surface area contributed by atoms with Gasteiger partial charge in [0.1, 0.15) is 0 Å². The van der Waals surface area contributed by atoms with E-state index in [-0.39, 0.29) is 11.4 Å². The number of hydrogen-bond donors (Lipinski definition) is 2. The van der Waals surface area contributed by atoms with Crippen LogP contribution in [0.5, 0.6) is 0 Å². The fourth-order valence-electron chi connectivity index (χ4n) is 1.86. The number of H-pyrrole nitrogens is 1. The fraction of sp³-hybridized carbons (Fsp3) is 0.250. The number of aromatic nitrogens is 3. The Bertz CT molecular complexity index is 737. The minimum Gasteiger partial charge on any atom is -0.329 e. The normalized spacial score (nSPS) is 14.7. The first-order chi connectivity index (χ1) is 9.41. The average Bonchev–Trinajstić information content (AvgIpc) is 2.48. The summed E-state index contributed by atoms with van der Waals surface area (Å²) >= 11 is 0. The largest absolute Gasteiger partial charge is 0.329 e. The van der Waals surface area contributed by atoms with Crippen molar-refractivity contribution in [2.24, 2.45) is 0 Å². The van der Waals surface area contributed by atoms with Crippen LogP contribution in [0.15, 0.2) is 41.6 Å². The number of nitrogens with one attached hydrogen (secondary N) is 2. The molecule has 0 radical (unpaired) electrons. The maximum Gasteiger partial charge on any atom is 0.247 e. The van der Waals surface area contributed by atoms with Gasteiger partial charge in [-0.3, -0.25) is 4.79 Å². The number of pyridine rings is 1. The smallest absolute Gasteiger partial charge is 0.247 e. The van der Waals surface area contributed by atoms with E-state index in [0.717, 1.165) is 0 Å². The van der Waals surface area contributed by atoms with Crippen molar-refractivity contribution in [3.63, 3.8) is 0 Å². The van der Waals surface area contributed by atoms with Crippen molar-refractivity contribution in [3.05, 3.63) is 58.5 Å². The van der Waals surface area contributed by atoms with Crippen molar-refractivity contribution in [2.45, 2.75) is 11.7 Å². The lowest BCUT2D eigenvalue weighted by molar-refractivity contribution is 0.547. The molecule has 2 aromatic heterocycles. The predicted molar refractivity (Wildman–Crippen MR) is 73.5 cm³/mol. The van der Waals surface area contributed by atoms with E-state index in [2.05, 4.69) is 19.7 Å². The van der Waals surface area contributed by atoms with Crippen molar-refractivity contribution in [1.29, 1.82) is 0 Å². The van der Waals surface area contributed by atoms with Gasteiger partial charge in [-0.2, -0.15) is 0 Å². The summed E-state index contributed by atoms with van der Waals surface area (Å²) < 4.78 is 25.6. The van der Waals surface area contributed by atoms with Gasteiger partial charge in [0.15, 0.2) is 10.6 Å². The highest BCUT2D eigenvalue weighted by molar-refractivity contribution is 7.90. The third kappa shape index (κ3) is 2.23. The predicted octanol–water partition coefficient (Wildman–Crippen LogP) is -0.0224. The van der Waals surface area contributed by atoms with Gasteiger partial charge in [0.25, 0.3) is 0 Å². The van der Waals surface area contributed by atoms with Gasteiger partial charge in [-0.05, 0) is 25.6 Å². The summed E-state index contributed by atoms with van der Waals surface area (Å²) in [7, 11) is -2.45. The number of rotatable bonds is 4. The highest BCUT2D eigenvalue weighted by atomic mass is 32.2. The first-order valence-corrected chi connectivity index (χ1v) is 7.30. The van der Waals surface area contributed by atoms with Crippen LogP contribution in [-0.2, 0) is 14.8 Å². The van der Waals surface area contributed by atoms with Crippen molar-refractivity contribution in [2.75, 3.05) is 7.05 Å². The number of nitrogens with zero attached hydrogens (tertiary/aromatic N) is 2.